The van der Waals surface area contributed by atoms with Crippen molar-refractivity contribution in [3.05, 3.63) is 76.1 Å². The molecule has 0 aliphatic rings. The van der Waals surface area contributed by atoms with Crippen LogP contribution in [0.25, 0.3) is 5.69 Å². The minimum absolute atomic E-state index is 0.204. The highest BCUT2D eigenvalue weighted by atomic mass is 32.2. The lowest BCUT2D eigenvalue weighted by Crippen LogP contribution is -2.26. The molecular formula is C22H24N2O3S. The third kappa shape index (κ3) is 4.39. The molecule has 0 saturated heterocycles. The van der Waals surface area contributed by atoms with Crippen LogP contribution < -0.4 is 10.3 Å². The van der Waals surface area contributed by atoms with Gasteiger partial charge in [0.25, 0.3) is 5.56 Å². The summed E-state index contributed by atoms with van der Waals surface area (Å²) >= 11 is 1.48. The second-order valence-electron chi connectivity index (χ2n) is 6.53. The molecule has 0 unspecified atom stereocenters. The number of hydrogen-bond donors (Lipinski definition) is 1. The minimum atomic E-state index is -0.257. The molecule has 0 amide bonds. The number of ether oxygens (including phenoxy) is 1. The van der Waals surface area contributed by atoms with Gasteiger partial charge in [-0.3, -0.25) is 9.36 Å². The predicted molar refractivity (Wildman–Crippen MR) is 113 cm³/mol. The van der Waals surface area contributed by atoms with E-state index in [1.807, 2.05) is 54.6 Å². The smallest absolute Gasteiger partial charge is 0.266 e. The molecule has 146 valence electrons. The van der Waals surface area contributed by atoms with Crippen LogP contribution in [0, 0.1) is 0 Å². The summed E-state index contributed by atoms with van der Waals surface area (Å²) in [6.45, 7) is 4.15. The summed E-state index contributed by atoms with van der Waals surface area (Å²) in [6.07, 6.45) is 1.25. The molecule has 5 nitrogen and oxygen atoms in total. The SMILES string of the molecule is CC[C@H](C)Sc1nc(O)c(Cc2ccccc2)c(=O)n1-c1ccc(OC)cc1. The van der Waals surface area contributed by atoms with Crippen molar-refractivity contribution in [1.82, 2.24) is 9.55 Å². The Hall–Kier alpha value is -2.73. The first kappa shape index (κ1) is 20.0. The van der Waals surface area contributed by atoms with E-state index >= 15 is 0 Å². The molecule has 0 spiro atoms. The fourth-order valence-electron chi connectivity index (χ4n) is 2.78. The van der Waals surface area contributed by atoms with Gasteiger partial charge in [0.05, 0.1) is 18.4 Å². The standard InChI is InChI=1S/C22H24N2O3S/c1-4-15(2)28-22-23-20(25)19(14-16-8-6-5-7-9-16)21(26)24(22)17-10-12-18(27-3)13-11-17/h5-13,15,25H,4,14H2,1-3H3/t15-/m0/s1. The van der Waals surface area contributed by atoms with E-state index in [-0.39, 0.29) is 22.3 Å². The van der Waals surface area contributed by atoms with Gasteiger partial charge >= 0.3 is 0 Å². The first-order chi connectivity index (χ1) is 13.5. The third-order valence-corrected chi connectivity index (χ3v) is 5.78. The Morgan fingerprint density at radius 1 is 1.14 bits per heavy atom. The van der Waals surface area contributed by atoms with Crippen molar-refractivity contribution in [1.29, 1.82) is 0 Å². The summed E-state index contributed by atoms with van der Waals surface area (Å²) in [5, 5.41) is 11.3. The van der Waals surface area contributed by atoms with E-state index in [4.69, 9.17) is 4.74 Å². The molecule has 6 heteroatoms. The Labute approximate surface area is 169 Å². The summed E-state index contributed by atoms with van der Waals surface area (Å²) in [5.74, 6) is 0.508. The normalized spacial score (nSPS) is 12.0. The molecule has 0 bridgehead atoms. The summed E-state index contributed by atoms with van der Waals surface area (Å²) in [5.41, 5.74) is 1.67. The fraction of sp³-hybridized carbons (Fsp3) is 0.273. The zero-order valence-electron chi connectivity index (χ0n) is 16.3. The van der Waals surface area contributed by atoms with E-state index in [0.717, 1.165) is 12.0 Å². The van der Waals surface area contributed by atoms with Crippen LogP contribution >= 0.6 is 11.8 Å². The van der Waals surface area contributed by atoms with Gasteiger partial charge in [-0.25, -0.2) is 0 Å². The zero-order valence-corrected chi connectivity index (χ0v) is 17.1. The second-order valence-corrected chi connectivity index (χ2v) is 7.94. The van der Waals surface area contributed by atoms with E-state index in [1.54, 1.807) is 11.7 Å². The number of methoxy groups -OCH3 is 1. The number of hydrogen-bond acceptors (Lipinski definition) is 5. The third-order valence-electron chi connectivity index (χ3n) is 4.56. The largest absolute Gasteiger partial charge is 0.497 e. The van der Waals surface area contributed by atoms with E-state index < -0.39 is 0 Å². The lowest BCUT2D eigenvalue weighted by atomic mass is 10.1. The Bertz CT molecular complexity index is 985. The Morgan fingerprint density at radius 2 is 1.82 bits per heavy atom. The van der Waals surface area contributed by atoms with Crippen LogP contribution in [0.2, 0.25) is 0 Å². The van der Waals surface area contributed by atoms with Crippen molar-refractivity contribution >= 4 is 11.8 Å². The number of thioether (sulfide) groups is 1. The average molecular weight is 397 g/mol. The summed E-state index contributed by atoms with van der Waals surface area (Å²) in [4.78, 5) is 17.7. The maximum Gasteiger partial charge on any atom is 0.266 e. The number of aromatic nitrogens is 2. The van der Waals surface area contributed by atoms with E-state index in [0.29, 0.717) is 23.0 Å². The molecule has 0 radical (unpaired) electrons. The van der Waals surface area contributed by atoms with Gasteiger partial charge in [-0.15, -0.1) is 0 Å². The van der Waals surface area contributed by atoms with Crippen molar-refractivity contribution in [2.24, 2.45) is 0 Å². The van der Waals surface area contributed by atoms with Crippen molar-refractivity contribution in [2.45, 2.75) is 37.1 Å². The van der Waals surface area contributed by atoms with Gasteiger partial charge in [0.1, 0.15) is 5.75 Å². The van der Waals surface area contributed by atoms with Crippen molar-refractivity contribution < 1.29 is 9.84 Å². The molecule has 2 aromatic carbocycles. The van der Waals surface area contributed by atoms with Crippen molar-refractivity contribution in [3.8, 4) is 17.3 Å². The maximum atomic E-state index is 13.4. The number of aromatic hydroxyl groups is 1. The predicted octanol–water partition coefficient (Wildman–Crippen LogP) is 4.43. The molecule has 0 fully saturated rings. The molecule has 3 aromatic rings. The summed E-state index contributed by atoms with van der Waals surface area (Å²) < 4.78 is 6.80. The quantitative estimate of drug-likeness (QED) is 0.473. The topological polar surface area (TPSA) is 64.4 Å². The molecular weight excluding hydrogens is 372 g/mol. The van der Waals surface area contributed by atoms with Gasteiger partial charge in [0, 0.05) is 11.7 Å². The molecule has 0 aliphatic heterocycles. The molecule has 3 rings (SSSR count). The molecule has 1 heterocycles. The van der Waals surface area contributed by atoms with Gasteiger partial charge in [-0.05, 0) is 36.2 Å². The van der Waals surface area contributed by atoms with Gasteiger partial charge in [0.2, 0.25) is 5.88 Å². The Balaban J connectivity index is 2.14. The molecule has 1 atom stereocenters. The lowest BCUT2D eigenvalue weighted by Gasteiger charge is -2.17. The zero-order chi connectivity index (χ0) is 20.1. The molecule has 1 aromatic heterocycles. The van der Waals surface area contributed by atoms with E-state index in [1.165, 1.54) is 11.8 Å². The Kier molecular flexibility index (Phi) is 6.41. The van der Waals surface area contributed by atoms with Crippen LogP contribution in [0.5, 0.6) is 11.6 Å². The Morgan fingerprint density at radius 3 is 2.43 bits per heavy atom. The van der Waals surface area contributed by atoms with Gasteiger partial charge < -0.3 is 9.84 Å². The molecule has 0 aliphatic carbocycles. The van der Waals surface area contributed by atoms with Crippen LogP contribution in [-0.2, 0) is 6.42 Å². The highest BCUT2D eigenvalue weighted by molar-refractivity contribution is 7.99. The summed E-state index contributed by atoms with van der Waals surface area (Å²) in [6, 6.07) is 16.9. The average Bonchev–Trinajstić information content (AvgIpc) is 2.72. The van der Waals surface area contributed by atoms with Crippen LogP contribution in [0.4, 0.5) is 0 Å². The summed E-state index contributed by atoms with van der Waals surface area (Å²) in [7, 11) is 1.60. The minimum Gasteiger partial charge on any atom is -0.497 e. The second kappa shape index (κ2) is 8.97. The highest BCUT2D eigenvalue weighted by Gasteiger charge is 2.19. The van der Waals surface area contributed by atoms with Gasteiger partial charge in [-0.2, -0.15) is 4.98 Å². The maximum absolute atomic E-state index is 13.4. The first-order valence-electron chi connectivity index (χ1n) is 9.23. The number of rotatable bonds is 7. The van der Waals surface area contributed by atoms with Crippen LogP contribution in [0.1, 0.15) is 31.4 Å². The molecule has 0 saturated carbocycles. The van der Waals surface area contributed by atoms with Crippen molar-refractivity contribution in [3.63, 3.8) is 0 Å². The van der Waals surface area contributed by atoms with Crippen LogP contribution in [-0.4, -0.2) is 27.0 Å². The highest BCUT2D eigenvalue weighted by Crippen LogP contribution is 2.28. The van der Waals surface area contributed by atoms with E-state index in [9.17, 15) is 9.90 Å². The fourth-order valence-corrected chi connectivity index (χ4v) is 3.74. The van der Waals surface area contributed by atoms with Crippen LogP contribution in [0.15, 0.2) is 64.5 Å². The monoisotopic (exact) mass is 396 g/mol. The number of benzene rings is 2. The van der Waals surface area contributed by atoms with E-state index in [2.05, 4.69) is 18.8 Å². The molecule has 1 N–H and O–H groups in total. The number of nitrogens with zero attached hydrogens (tertiary/aromatic N) is 2. The molecule has 28 heavy (non-hydrogen) atoms. The van der Waals surface area contributed by atoms with Gasteiger partial charge in [0.15, 0.2) is 5.16 Å². The van der Waals surface area contributed by atoms with Crippen molar-refractivity contribution in [2.75, 3.05) is 7.11 Å². The lowest BCUT2D eigenvalue weighted by molar-refractivity contribution is 0.414. The first-order valence-corrected chi connectivity index (χ1v) is 10.1. The van der Waals surface area contributed by atoms with Gasteiger partial charge in [-0.1, -0.05) is 55.9 Å². The van der Waals surface area contributed by atoms with Crippen LogP contribution in [0.3, 0.4) is 0 Å².